The van der Waals surface area contributed by atoms with E-state index < -0.39 is 38.9 Å². The van der Waals surface area contributed by atoms with E-state index in [0.717, 1.165) is 42.8 Å². The highest BCUT2D eigenvalue weighted by Gasteiger charge is 2.23. The first-order valence-corrected chi connectivity index (χ1v) is 10.1. The molecule has 0 aliphatic carbocycles. The van der Waals surface area contributed by atoms with Gasteiger partial charge in [-0.05, 0) is 43.2 Å². The van der Waals surface area contributed by atoms with Crippen molar-refractivity contribution in [2.75, 3.05) is 5.32 Å². The van der Waals surface area contributed by atoms with Crippen molar-refractivity contribution >= 4 is 21.6 Å². The van der Waals surface area contributed by atoms with E-state index >= 15 is 0 Å². The first kappa shape index (κ1) is 21.9. The summed E-state index contributed by atoms with van der Waals surface area (Å²) >= 11 is 0. The Balaban J connectivity index is 2.29. The van der Waals surface area contributed by atoms with Gasteiger partial charge in [-0.2, -0.15) is 0 Å². The Labute approximate surface area is 162 Å². The number of rotatable bonds is 7. The second-order valence-corrected chi connectivity index (χ2v) is 8.23. The van der Waals surface area contributed by atoms with Crippen LogP contribution in [0.5, 0.6) is 0 Å². The maximum Gasteiger partial charge on any atom is 0.258 e. The minimum atomic E-state index is -3.98. The van der Waals surface area contributed by atoms with Gasteiger partial charge in [0.25, 0.3) is 5.91 Å². The standard InChI is InChI=1S/C19H21F3N2O3S/c1-4-11(2)12(3)24-28(26,27)14-6-8-16(20)15(10-14)19(25)23-13-5-7-17(21)18(22)9-13/h5-12,24H,4H2,1-3H3,(H,23,25). The zero-order valence-electron chi connectivity index (χ0n) is 15.6. The summed E-state index contributed by atoms with van der Waals surface area (Å²) in [4.78, 5) is 12.0. The van der Waals surface area contributed by atoms with E-state index in [-0.39, 0.29) is 22.5 Å². The van der Waals surface area contributed by atoms with Crippen LogP contribution in [0.4, 0.5) is 18.9 Å². The molecular weight excluding hydrogens is 393 g/mol. The summed E-state index contributed by atoms with van der Waals surface area (Å²) in [6.07, 6.45) is 0.759. The van der Waals surface area contributed by atoms with E-state index in [1.54, 1.807) is 6.92 Å². The van der Waals surface area contributed by atoms with Gasteiger partial charge in [-0.15, -0.1) is 0 Å². The molecule has 0 heterocycles. The predicted octanol–water partition coefficient (Wildman–Crippen LogP) is 4.07. The first-order chi connectivity index (χ1) is 13.0. The molecule has 0 bridgehead atoms. The fraction of sp³-hybridized carbons (Fsp3) is 0.316. The van der Waals surface area contributed by atoms with Gasteiger partial charge in [0.1, 0.15) is 5.82 Å². The Morgan fingerprint density at radius 3 is 2.25 bits per heavy atom. The van der Waals surface area contributed by atoms with Gasteiger partial charge in [-0.3, -0.25) is 4.79 Å². The average Bonchev–Trinajstić information content (AvgIpc) is 2.63. The summed E-state index contributed by atoms with van der Waals surface area (Å²) in [5.74, 6) is -4.15. The second kappa shape index (κ2) is 8.74. The third-order valence-electron chi connectivity index (χ3n) is 4.51. The lowest BCUT2D eigenvalue weighted by Crippen LogP contribution is -2.37. The normalized spacial score (nSPS) is 13.8. The summed E-state index contributed by atoms with van der Waals surface area (Å²) in [5.41, 5.74) is -0.635. The van der Waals surface area contributed by atoms with Crippen LogP contribution in [0.3, 0.4) is 0 Å². The predicted molar refractivity (Wildman–Crippen MR) is 99.9 cm³/mol. The van der Waals surface area contributed by atoms with Gasteiger partial charge < -0.3 is 5.32 Å². The maximum absolute atomic E-state index is 14.1. The fourth-order valence-electron chi connectivity index (χ4n) is 2.40. The Bertz CT molecular complexity index is 980. The largest absolute Gasteiger partial charge is 0.322 e. The van der Waals surface area contributed by atoms with Crippen LogP contribution in [0.25, 0.3) is 0 Å². The summed E-state index contributed by atoms with van der Waals surface area (Å²) in [5, 5.41) is 2.21. The third-order valence-corrected chi connectivity index (χ3v) is 6.07. The highest BCUT2D eigenvalue weighted by molar-refractivity contribution is 7.89. The lowest BCUT2D eigenvalue weighted by molar-refractivity contribution is 0.102. The van der Waals surface area contributed by atoms with Gasteiger partial charge in [0.05, 0.1) is 10.5 Å². The van der Waals surface area contributed by atoms with Crippen molar-refractivity contribution in [2.45, 2.75) is 38.1 Å². The molecule has 2 aromatic carbocycles. The molecule has 152 valence electrons. The number of hydrogen-bond acceptors (Lipinski definition) is 3. The summed E-state index contributed by atoms with van der Waals surface area (Å²) in [7, 11) is -3.98. The van der Waals surface area contributed by atoms with Gasteiger partial charge >= 0.3 is 0 Å². The number of amides is 1. The van der Waals surface area contributed by atoms with E-state index in [4.69, 9.17) is 0 Å². The molecule has 0 fully saturated rings. The topological polar surface area (TPSA) is 75.3 Å². The molecule has 0 saturated heterocycles. The third kappa shape index (κ3) is 5.11. The summed E-state index contributed by atoms with van der Waals surface area (Å²) < 4.78 is 67.9. The van der Waals surface area contributed by atoms with Crippen LogP contribution in [0.1, 0.15) is 37.6 Å². The van der Waals surface area contributed by atoms with Crippen molar-refractivity contribution in [1.29, 1.82) is 0 Å². The molecule has 0 saturated carbocycles. The maximum atomic E-state index is 14.1. The zero-order chi connectivity index (χ0) is 21.1. The molecular formula is C19H21F3N2O3S. The SMILES string of the molecule is CCC(C)C(C)NS(=O)(=O)c1ccc(F)c(C(=O)Nc2ccc(F)c(F)c2)c1. The molecule has 0 radical (unpaired) electrons. The molecule has 1 amide bonds. The van der Waals surface area contributed by atoms with E-state index in [1.165, 1.54) is 0 Å². The zero-order valence-corrected chi connectivity index (χ0v) is 16.4. The van der Waals surface area contributed by atoms with Gasteiger partial charge in [0.15, 0.2) is 11.6 Å². The first-order valence-electron chi connectivity index (χ1n) is 8.63. The van der Waals surface area contributed by atoms with Gasteiger partial charge in [0, 0.05) is 17.8 Å². The van der Waals surface area contributed by atoms with Gasteiger partial charge in [-0.1, -0.05) is 20.3 Å². The van der Waals surface area contributed by atoms with Crippen LogP contribution >= 0.6 is 0 Å². The van der Waals surface area contributed by atoms with Crippen LogP contribution in [0.15, 0.2) is 41.3 Å². The van der Waals surface area contributed by atoms with Crippen molar-refractivity contribution in [3.63, 3.8) is 0 Å². The second-order valence-electron chi connectivity index (χ2n) is 6.52. The lowest BCUT2D eigenvalue weighted by atomic mass is 10.0. The Morgan fingerprint density at radius 1 is 1.00 bits per heavy atom. The highest BCUT2D eigenvalue weighted by atomic mass is 32.2. The fourth-order valence-corrected chi connectivity index (χ4v) is 3.78. The number of benzene rings is 2. The van der Waals surface area contributed by atoms with Crippen molar-refractivity contribution in [1.82, 2.24) is 4.72 Å². The molecule has 0 aromatic heterocycles. The molecule has 2 atom stereocenters. The van der Waals surface area contributed by atoms with E-state index in [2.05, 4.69) is 10.0 Å². The van der Waals surface area contributed by atoms with Crippen LogP contribution < -0.4 is 10.0 Å². The molecule has 0 aliphatic rings. The molecule has 5 nitrogen and oxygen atoms in total. The number of sulfonamides is 1. The highest BCUT2D eigenvalue weighted by Crippen LogP contribution is 2.20. The van der Waals surface area contributed by atoms with E-state index in [9.17, 15) is 26.4 Å². The number of nitrogens with one attached hydrogen (secondary N) is 2. The minimum Gasteiger partial charge on any atom is -0.322 e. The van der Waals surface area contributed by atoms with Crippen LogP contribution in [0.2, 0.25) is 0 Å². The average molecular weight is 414 g/mol. The van der Waals surface area contributed by atoms with Gasteiger partial charge in [0.2, 0.25) is 10.0 Å². The summed E-state index contributed by atoms with van der Waals surface area (Å²) in [6.45, 7) is 5.53. The Hall–Kier alpha value is -2.39. The molecule has 0 aliphatic heterocycles. The Morgan fingerprint density at radius 2 is 1.64 bits per heavy atom. The molecule has 2 unspecified atom stereocenters. The quantitative estimate of drug-likeness (QED) is 0.717. The number of carbonyl (C=O) groups excluding carboxylic acids is 1. The monoisotopic (exact) mass is 414 g/mol. The van der Waals surface area contributed by atoms with Crippen LogP contribution in [-0.4, -0.2) is 20.4 Å². The van der Waals surface area contributed by atoms with E-state index in [1.807, 2.05) is 13.8 Å². The molecule has 2 N–H and O–H groups in total. The number of hydrogen-bond donors (Lipinski definition) is 2. The molecule has 2 rings (SSSR count). The molecule has 9 heteroatoms. The molecule has 0 spiro atoms. The molecule has 2 aromatic rings. The van der Waals surface area contributed by atoms with Crippen molar-refractivity contribution < 1.29 is 26.4 Å². The van der Waals surface area contributed by atoms with Crippen molar-refractivity contribution in [3.05, 3.63) is 59.4 Å². The Kier molecular flexibility index (Phi) is 6.84. The van der Waals surface area contributed by atoms with Crippen LogP contribution in [0, 0.1) is 23.4 Å². The lowest BCUT2D eigenvalue weighted by Gasteiger charge is -2.20. The number of carbonyl (C=O) groups is 1. The number of anilines is 1. The van der Waals surface area contributed by atoms with Gasteiger partial charge in [-0.25, -0.2) is 26.3 Å². The smallest absolute Gasteiger partial charge is 0.258 e. The minimum absolute atomic E-state index is 0.0753. The van der Waals surface area contributed by atoms with E-state index in [0.29, 0.717) is 0 Å². The molecule has 28 heavy (non-hydrogen) atoms. The summed E-state index contributed by atoms with van der Waals surface area (Å²) in [6, 6.07) is 5.10. The number of halogens is 3. The van der Waals surface area contributed by atoms with Crippen LogP contribution in [-0.2, 0) is 10.0 Å². The van der Waals surface area contributed by atoms with Crippen molar-refractivity contribution in [3.8, 4) is 0 Å². The van der Waals surface area contributed by atoms with Crippen molar-refractivity contribution in [2.24, 2.45) is 5.92 Å².